The molecule has 0 amide bonds. The van der Waals surface area contributed by atoms with Crippen molar-refractivity contribution in [2.24, 2.45) is 4.40 Å². The van der Waals surface area contributed by atoms with Gasteiger partial charge in [-0.15, -0.1) is 0 Å². The first-order chi connectivity index (χ1) is 12.3. The maximum atomic E-state index is 12.6. The molecule has 1 unspecified atom stereocenters. The Bertz CT molecular complexity index is 897. The second-order valence-corrected chi connectivity index (χ2v) is 8.05. The molecule has 0 aliphatic heterocycles. The van der Waals surface area contributed by atoms with E-state index < -0.39 is 15.6 Å². The summed E-state index contributed by atoms with van der Waals surface area (Å²) in [4.78, 5) is 0.169. The maximum Gasteiger partial charge on any atom is 0.282 e. The summed E-state index contributed by atoms with van der Waals surface area (Å²) in [6, 6.07) is 6.65. The minimum atomic E-state index is -3.80. The highest BCUT2D eigenvalue weighted by molar-refractivity contribution is 7.90. The quantitative estimate of drug-likeness (QED) is 0.575. The number of unbranched alkanes of at least 4 members (excludes halogenated alkanes) is 2. The van der Waals surface area contributed by atoms with E-state index in [4.69, 9.17) is 4.74 Å². The molecule has 26 heavy (non-hydrogen) atoms. The Morgan fingerprint density at radius 2 is 1.92 bits per heavy atom. The second-order valence-electron chi connectivity index (χ2n) is 6.45. The lowest BCUT2D eigenvalue weighted by atomic mass is 9.93. The number of allylic oxidation sites excluding steroid dienone is 2. The molecule has 0 aromatic heterocycles. The van der Waals surface area contributed by atoms with Gasteiger partial charge in [-0.2, -0.15) is 12.8 Å². The Kier molecular flexibility index (Phi) is 6.57. The van der Waals surface area contributed by atoms with E-state index in [1.165, 1.54) is 0 Å². The van der Waals surface area contributed by atoms with Gasteiger partial charge in [0.15, 0.2) is 0 Å². The zero-order valence-corrected chi connectivity index (χ0v) is 16.6. The van der Waals surface area contributed by atoms with Crippen molar-refractivity contribution in [1.29, 1.82) is 0 Å². The van der Waals surface area contributed by atoms with Crippen LogP contribution in [0.3, 0.4) is 0 Å². The van der Waals surface area contributed by atoms with Crippen LogP contribution in [-0.4, -0.2) is 26.8 Å². The van der Waals surface area contributed by atoms with Crippen LogP contribution in [0.25, 0.3) is 0 Å². The highest BCUT2D eigenvalue weighted by Gasteiger charge is 2.25. The summed E-state index contributed by atoms with van der Waals surface area (Å²) >= 11 is 0. The number of aryl methyl sites for hydroxylation is 1. The van der Waals surface area contributed by atoms with Crippen molar-refractivity contribution in [2.45, 2.75) is 50.5 Å². The Balaban J connectivity index is 2.42. The third-order valence-electron chi connectivity index (χ3n) is 4.13. The van der Waals surface area contributed by atoms with Gasteiger partial charge in [-0.25, -0.2) is 0 Å². The van der Waals surface area contributed by atoms with E-state index in [0.29, 0.717) is 11.3 Å². The van der Waals surface area contributed by atoms with Gasteiger partial charge in [0, 0.05) is 13.5 Å². The van der Waals surface area contributed by atoms with Gasteiger partial charge in [-0.05, 0) is 50.6 Å². The minimum Gasteiger partial charge on any atom is -0.370 e. The number of benzene rings is 1. The first-order valence-corrected chi connectivity index (χ1v) is 10.1. The number of methoxy groups -OCH3 is 1. The van der Waals surface area contributed by atoms with Gasteiger partial charge in [-0.1, -0.05) is 42.9 Å². The summed E-state index contributed by atoms with van der Waals surface area (Å²) in [5.74, 6) is 6.16. The van der Waals surface area contributed by atoms with Crippen molar-refractivity contribution in [2.75, 3.05) is 7.11 Å². The first kappa shape index (κ1) is 20.2. The lowest BCUT2D eigenvalue weighted by molar-refractivity contribution is 0.0901. The Morgan fingerprint density at radius 1 is 1.23 bits per heavy atom. The van der Waals surface area contributed by atoms with E-state index in [-0.39, 0.29) is 4.90 Å². The van der Waals surface area contributed by atoms with Gasteiger partial charge >= 0.3 is 0 Å². The molecule has 1 aromatic rings. The molecule has 4 nitrogen and oxygen atoms in total. The Labute approximate surface area is 156 Å². The molecule has 0 spiro atoms. The van der Waals surface area contributed by atoms with Crippen LogP contribution in [0.1, 0.15) is 38.7 Å². The highest BCUT2D eigenvalue weighted by Crippen LogP contribution is 2.23. The van der Waals surface area contributed by atoms with Gasteiger partial charge in [0.2, 0.25) is 0 Å². The van der Waals surface area contributed by atoms with Crippen molar-refractivity contribution >= 4 is 15.7 Å². The van der Waals surface area contributed by atoms with Crippen LogP contribution in [0.4, 0.5) is 0 Å². The van der Waals surface area contributed by atoms with Gasteiger partial charge < -0.3 is 4.74 Å². The van der Waals surface area contributed by atoms with Crippen molar-refractivity contribution in [3.05, 3.63) is 53.6 Å². The largest absolute Gasteiger partial charge is 0.370 e. The topological polar surface area (TPSA) is 55.7 Å². The Morgan fingerprint density at radius 3 is 2.54 bits per heavy atom. The predicted octanol–water partition coefficient (Wildman–Crippen LogP) is 4.22. The average Bonchev–Trinajstić information content (AvgIpc) is 2.61. The highest BCUT2D eigenvalue weighted by atomic mass is 32.2. The monoisotopic (exact) mass is 371 g/mol. The summed E-state index contributed by atoms with van der Waals surface area (Å²) in [6.45, 7) is 5.90. The fourth-order valence-corrected chi connectivity index (χ4v) is 3.37. The van der Waals surface area contributed by atoms with Crippen molar-refractivity contribution in [1.82, 2.24) is 0 Å². The van der Waals surface area contributed by atoms with Crippen LogP contribution in [0, 0.1) is 18.8 Å². The minimum absolute atomic E-state index is 0.169. The fraction of sp³-hybridized carbons (Fsp3) is 0.381. The number of nitrogens with zero attached hydrogens (tertiary/aromatic N) is 1. The van der Waals surface area contributed by atoms with E-state index in [1.54, 1.807) is 43.5 Å². The van der Waals surface area contributed by atoms with E-state index in [0.717, 1.165) is 24.8 Å². The SMILES string of the molecule is CCCCC#CC1=CC(C)(OC)C=C/C1=N\S(=O)(=O)c1ccc(C)cc1. The molecule has 0 N–H and O–H groups in total. The molecule has 138 valence electrons. The van der Waals surface area contributed by atoms with E-state index in [2.05, 4.69) is 23.2 Å². The first-order valence-electron chi connectivity index (χ1n) is 8.68. The molecule has 0 heterocycles. The van der Waals surface area contributed by atoms with Crippen LogP contribution in [0.2, 0.25) is 0 Å². The van der Waals surface area contributed by atoms with Crippen molar-refractivity contribution < 1.29 is 13.2 Å². The van der Waals surface area contributed by atoms with E-state index in [9.17, 15) is 8.42 Å². The number of ether oxygens (including phenoxy) is 1. The standard InChI is InChI=1S/C21H25NO3S/c1-5-6-7-8-9-18-16-21(3,25-4)15-14-20(18)22-26(23,24)19-12-10-17(2)11-13-19/h10-16H,5-7H2,1-4H3/b22-20+. The van der Waals surface area contributed by atoms with Gasteiger partial charge in [0.25, 0.3) is 10.0 Å². The predicted molar refractivity (Wildman–Crippen MR) is 106 cm³/mol. The second kappa shape index (κ2) is 8.48. The smallest absolute Gasteiger partial charge is 0.282 e. The number of hydrogen-bond donors (Lipinski definition) is 0. The average molecular weight is 372 g/mol. The normalized spacial score (nSPS) is 21.2. The van der Waals surface area contributed by atoms with Crippen LogP contribution in [-0.2, 0) is 14.8 Å². The molecule has 1 atom stereocenters. The molecule has 5 heteroatoms. The number of rotatable bonds is 5. The molecule has 2 rings (SSSR count). The third-order valence-corrected chi connectivity index (χ3v) is 5.44. The summed E-state index contributed by atoms with van der Waals surface area (Å²) < 4.78 is 34.8. The molecule has 0 radical (unpaired) electrons. The van der Waals surface area contributed by atoms with E-state index in [1.807, 2.05) is 19.9 Å². The van der Waals surface area contributed by atoms with Crippen molar-refractivity contribution in [3.63, 3.8) is 0 Å². The van der Waals surface area contributed by atoms with Gasteiger partial charge in [-0.3, -0.25) is 0 Å². The van der Waals surface area contributed by atoms with Crippen LogP contribution >= 0.6 is 0 Å². The van der Waals surface area contributed by atoms with Gasteiger partial charge in [0.05, 0.1) is 16.2 Å². The molecule has 1 aromatic carbocycles. The van der Waals surface area contributed by atoms with Crippen LogP contribution in [0.5, 0.6) is 0 Å². The molecule has 0 saturated heterocycles. The maximum absolute atomic E-state index is 12.6. The molecule has 0 bridgehead atoms. The van der Waals surface area contributed by atoms with Crippen LogP contribution < -0.4 is 0 Å². The summed E-state index contributed by atoms with van der Waals surface area (Å²) in [6.07, 6.45) is 8.10. The lowest BCUT2D eigenvalue weighted by Crippen LogP contribution is -2.26. The van der Waals surface area contributed by atoms with E-state index >= 15 is 0 Å². The lowest BCUT2D eigenvalue weighted by Gasteiger charge is -2.24. The zero-order chi connectivity index (χ0) is 19.2. The molecule has 0 saturated carbocycles. The molecule has 1 aliphatic rings. The number of sulfonamides is 1. The fourth-order valence-electron chi connectivity index (χ4n) is 2.36. The van der Waals surface area contributed by atoms with Gasteiger partial charge in [0.1, 0.15) is 5.60 Å². The summed E-state index contributed by atoms with van der Waals surface area (Å²) in [5.41, 5.74) is 1.28. The van der Waals surface area contributed by atoms with Crippen molar-refractivity contribution in [3.8, 4) is 11.8 Å². The zero-order valence-electron chi connectivity index (χ0n) is 15.7. The Hall–Kier alpha value is -2.16. The molecule has 1 aliphatic carbocycles. The molecular formula is C21H25NO3S. The molecule has 0 fully saturated rings. The number of hydrogen-bond acceptors (Lipinski definition) is 3. The summed E-state index contributed by atoms with van der Waals surface area (Å²) in [7, 11) is -2.20. The molecular weight excluding hydrogens is 346 g/mol. The summed E-state index contributed by atoms with van der Waals surface area (Å²) in [5, 5.41) is 0. The van der Waals surface area contributed by atoms with Crippen LogP contribution in [0.15, 0.2) is 57.4 Å². The third kappa shape index (κ3) is 5.17.